The van der Waals surface area contributed by atoms with E-state index in [1.54, 1.807) is 14.2 Å². The third-order valence-corrected chi connectivity index (χ3v) is 4.25. The lowest BCUT2D eigenvalue weighted by molar-refractivity contribution is 0.164. The topological polar surface area (TPSA) is 50.7 Å². The molecule has 0 heterocycles. The molecule has 2 rings (SSSR count). The zero-order valence-electron chi connectivity index (χ0n) is 13.1. The lowest BCUT2D eigenvalue weighted by Crippen LogP contribution is -2.32. The highest BCUT2D eigenvalue weighted by molar-refractivity contribution is 5.41. The van der Waals surface area contributed by atoms with Crippen LogP contribution >= 0.6 is 0 Å². The van der Waals surface area contributed by atoms with Gasteiger partial charge in [0.25, 0.3) is 0 Å². The minimum absolute atomic E-state index is 0.527. The van der Waals surface area contributed by atoms with Gasteiger partial charge in [0.15, 0.2) is 0 Å². The van der Waals surface area contributed by atoms with Crippen LogP contribution in [-0.2, 0) is 0 Å². The summed E-state index contributed by atoms with van der Waals surface area (Å²) in [6.45, 7) is 0.550. The van der Waals surface area contributed by atoms with E-state index in [0.29, 0.717) is 18.3 Å². The Hall–Kier alpha value is -1.26. The molecule has 0 spiro atoms. The quantitative estimate of drug-likeness (QED) is 0.792. The van der Waals surface area contributed by atoms with Gasteiger partial charge in [-0.15, -0.1) is 0 Å². The van der Waals surface area contributed by atoms with Crippen molar-refractivity contribution in [1.29, 1.82) is 0 Å². The van der Waals surface area contributed by atoms with Gasteiger partial charge < -0.3 is 19.9 Å². The molecule has 1 aromatic rings. The summed E-state index contributed by atoms with van der Waals surface area (Å²) in [5.41, 5.74) is 0.776. The highest BCUT2D eigenvalue weighted by Crippen LogP contribution is 2.29. The fraction of sp³-hybridized carbons (Fsp3) is 0.647. The maximum Gasteiger partial charge on any atom is 0.124 e. The second-order valence-corrected chi connectivity index (χ2v) is 5.72. The van der Waals surface area contributed by atoms with Crippen molar-refractivity contribution < 1.29 is 14.6 Å². The third kappa shape index (κ3) is 4.61. The Labute approximate surface area is 127 Å². The summed E-state index contributed by atoms with van der Waals surface area (Å²) in [4.78, 5) is 0. The molecule has 1 aromatic carbocycles. The molecule has 1 unspecified atom stereocenters. The van der Waals surface area contributed by atoms with E-state index in [-0.39, 0.29) is 0 Å². The Bertz CT molecular complexity index is 428. The molecule has 4 heteroatoms. The number of ether oxygens (including phenoxy) is 2. The van der Waals surface area contributed by atoms with Crippen LogP contribution in [0.15, 0.2) is 18.2 Å². The Morgan fingerprint density at radius 2 is 1.86 bits per heavy atom. The van der Waals surface area contributed by atoms with Crippen molar-refractivity contribution >= 4 is 0 Å². The molecule has 0 aliphatic heterocycles. The van der Waals surface area contributed by atoms with E-state index >= 15 is 0 Å². The predicted octanol–water partition coefficient (Wildman–Crippen LogP) is 3.05. The van der Waals surface area contributed by atoms with Crippen molar-refractivity contribution in [2.24, 2.45) is 0 Å². The van der Waals surface area contributed by atoms with E-state index < -0.39 is 6.10 Å². The number of benzene rings is 1. The van der Waals surface area contributed by atoms with Gasteiger partial charge in [-0.05, 0) is 31.0 Å². The Morgan fingerprint density at radius 1 is 1.14 bits per heavy atom. The number of aliphatic hydroxyl groups is 1. The molecular formula is C17H27NO3. The summed E-state index contributed by atoms with van der Waals surface area (Å²) in [5, 5.41) is 14.0. The van der Waals surface area contributed by atoms with Gasteiger partial charge in [-0.3, -0.25) is 0 Å². The van der Waals surface area contributed by atoms with Crippen LogP contribution in [0.25, 0.3) is 0 Å². The van der Waals surface area contributed by atoms with Gasteiger partial charge in [0.1, 0.15) is 11.5 Å². The van der Waals surface area contributed by atoms with E-state index in [4.69, 9.17) is 9.47 Å². The van der Waals surface area contributed by atoms with Crippen LogP contribution in [0.1, 0.15) is 50.2 Å². The molecule has 0 radical (unpaired) electrons. The molecule has 21 heavy (non-hydrogen) atoms. The highest BCUT2D eigenvalue weighted by Gasteiger charge is 2.17. The van der Waals surface area contributed by atoms with E-state index in [1.165, 1.54) is 38.5 Å². The summed E-state index contributed by atoms with van der Waals surface area (Å²) >= 11 is 0. The average molecular weight is 293 g/mol. The van der Waals surface area contributed by atoms with Crippen molar-refractivity contribution in [2.75, 3.05) is 20.8 Å². The molecule has 1 saturated carbocycles. The number of hydrogen-bond acceptors (Lipinski definition) is 4. The first-order chi connectivity index (χ1) is 10.2. The summed E-state index contributed by atoms with van der Waals surface area (Å²) in [7, 11) is 3.25. The van der Waals surface area contributed by atoms with Gasteiger partial charge in [-0.25, -0.2) is 0 Å². The molecule has 1 aliphatic carbocycles. The molecule has 118 valence electrons. The Balaban J connectivity index is 1.96. The van der Waals surface area contributed by atoms with Crippen molar-refractivity contribution in [3.05, 3.63) is 23.8 Å². The molecule has 0 saturated heterocycles. The average Bonchev–Trinajstić information content (AvgIpc) is 2.80. The largest absolute Gasteiger partial charge is 0.497 e. The minimum atomic E-state index is -0.585. The second kappa shape index (κ2) is 8.25. The molecule has 1 atom stereocenters. The van der Waals surface area contributed by atoms with Crippen LogP contribution in [0.5, 0.6) is 11.5 Å². The van der Waals surface area contributed by atoms with Gasteiger partial charge in [-0.1, -0.05) is 25.7 Å². The maximum atomic E-state index is 10.5. The standard InChI is InChI=1S/C17H27NO3/c1-20-14-9-10-17(21-2)15(11-14)16(19)12-18-13-7-5-3-4-6-8-13/h9-11,13,16,18-19H,3-8,12H2,1-2H3. The molecule has 0 amide bonds. The van der Waals surface area contributed by atoms with Crippen LogP contribution in [0, 0.1) is 0 Å². The van der Waals surface area contributed by atoms with Crippen LogP contribution in [0.4, 0.5) is 0 Å². The third-order valence-electron chi connectivity index (χ3n) is 4.25. The fourth-order valence-electron chi connectivity index (χ4n) is 2.97. The minimum Gasteiger partial charge on any atom is -0.497 e. The number of rotatable bonds is 6. The number of nitrogens with one attached hydrogen (secondary N) is 1. The lowest BCUT2D eigenvalue weighted by atomic mass is 10.1. The summed E-state index contributed by atoms with van der Waals surface area (Å²) in [6, 6.07) is 6.05. The summed E-state index contributed by atoms with van der Waals surface area (Å²) in [5.74, 6) is 1.44. The van der Waals surface area contributed by atoms with Crippen molar-refractivity contribution in [1.82, 2.24) is 5.32 Å². The number of methoxy groups -OCH3 is 2. The van der Waals surface area contributed by atoms with Gasteiger partial charge >= 0.3 is 0 Å². The van der Waals surface area contributed by atoms with Crippen LogP contribution < -0.4 is 14.8 Å². The van der Waals surface area contributed by atoms with E-state index in [1.807, 2.05) is 18.2 Å². The van der Waals surface area contributed by atoms with Crippen LogP contribution in [-0.4, -0.2) is 31.9 Å². The summed E-state index contributed by atoms with van der Waals surface area (Å²) in [6.07, 6.45) is 7.09. The molecule has 4 nitrogen and oxygen atoms in total. The monoisotopic (exact) mass is 293 g/mol. The predicted molar refractivity (Wildman–Crippen MR) is 84.0 cm³/mol. The number of hydrogen-bond donors (Lipinski definition) is 2. The lowest BCUT2D eigenvalue weighted by Gasteiger charge is -2.21. The smallest absolute Gasteiger partial charge is 0.124 e. The zero-order valence-corrected chi connectivity index (χ0v) is 13.1. The molecule has 0 bridgehead atoms. The molecule has 1 aliphatic rings. The second-order valence-electron chi connectivity index (χ2n) is 5.72. The van der Waals surface area contributed by atoms with Gasteiger partial charge in [0, 0.05) is 18.2 Å². The van der Waals surface area contributed by atoms with Crippen LogP contribution in [0.3, 0.4) is 0 Å². The van der Waals surface area contributed by atoms with Crippen molar-refractivity contribution in [2.45, 2.75) is 50.7 Å². The molecule has 1 fully saturated rings. The maximum absolute atomic E-state index is 10.5. The molecule has 0 aromatic heterocycles. The molecular weight excluding hydrogens is 266 g/mol. The van der Waals surface area contributed by atoms with Gasteiger partial charge in [0.2, 0.25) is 0 Å². The van der Waals surface area contributed by atoms with Gasteiger partial charge in [-0.2, -0.15) is 0 Å². The number of aliphatic hydroxyl groups excluding tert-OH is 1. The van der Waals surface area contributed by atoms with E-state index in [2.05, 4.69) is 5.32 Å². The van der Waals surface area contributed by atoms with E-state index in [0.717, 1.165) is 11.3 Å². The van der Waals surface area contributed by atoms with E-state index in [9.17, 15) is 5.11 Å². The first-order valence-corrected chi connectivity index (χ1v) is 7.88. The first kappa shape index (κ1) is 16.1. The normalized spacial score (nSPS) is 18.0. The molecule has 2 N–H and O–H groups in total. The Morgan fingerprint density at radius 3 is 2.48 bits per heavy atom. The van der Waals surface area contributed by atoms with Crippen LogP contribution in [0.2, 0.25) is 0 Å². The first-order valence-electron chi connectivity index (χ1n) is 7.88. The zero-order chi connectivity index (χ0) is 15.1. The SMILES string of the molecule is COc1ccc(OC)c(C(O)CNC2CCCCCC2)c1. The van der Waals surface area contributed by atoms with Crippen molar-refractivity contribution in [3.8, 4) is 11.5 Å². The summed E-state index contributed by atoms with van der Waals surface area (Å²) < 4.78 is 10.6. The Kier molecular flexibility index (Phi) is 6.33. The fourth-order valence-corrected chi connectivity index (χ4v) is 2.97. The van der Waals surface area contributed by atoms with Crippen molar-refractivity contribution in [3.63, 3.8) is 0 Å². The highest BCUT2D eigenvalue weighted by atomic mass is 16.5. The van der Waals surface area contributed by atoms with Gasteiger partial charge in [0.05, 0.1) is 20.3 Å².